The van der Waals surface area contributed by atoms with Gasteiger partial charge in [-0.1, -0.05) is 30.7 Å². The van der Waals surface area contributed by atoms with Gasteiger partial charge in [0.25, 0.3) is 0 Å². The normalized spacial score (nSPS) is 15.3. The SMILES string of the molecule is CC[C@@H](C)Nc1nc(NCc2cccc(Cl)c2)cc(C2CC2)n1. The highest BCUT2D eigenvalue weighted by Crippen LogP contribution is 2.40. The van der Waals surface area contributed by atoms with Crippen molar-refractivity contribution in [2.45, 2.75) is 51.6 Å². The maximum absolute atomic E-state index is 6.04. The van der Waals surface area contributed by atoms with E-state index in [4.69, 9.17) is 11.6 Å². The second-order valence-corrected chi connectivity index (χ2v) is 6.65. The van der Waals surface area contributed by atoms with Crippen LogP contribution in [-0.2, 0) is 6.54 Å². The first-order valence-corrected chi connectivity index (χ1v) is 8.65. The van der Waals surface area contributed by atoms with Crippen LogP contribution in [0.25, 0.3) is 0 Å². The molecule has 1 atom stereocenters. The molecule has 5 heteroatoms. The molecule has 0 bridgehead atoms. The number of rotatable bonds is 7. The number of hydrogen-bond acceptors (Lipinski definition) is 4. The van der Waals surface area contributed by atoms with Crippen molar-refractivity contribution in [3.8, 4) is 0 Å². The van der Waals surface area contributed by atoms with Gasteiger partial charge in [-0.3, -0.25) is 0 Å². The molecule has 0 aliphatic heterocycles. The van der Waals surface area contributed by atoms with Crippen LogP contribution in [-0.4, -0.2) is 16.0 Å². The number of benzene rings is 1. The highest BCUT2D eigenvalue weighted by atomic mass is 35.5. The van der Waals surface area contributed by atoms with Gasteiger partial charge in [-0.25, -0.2) is 4.98 Å². The molecule has 1 fully saturated rings. The lowest BCUT2D eigenvalue weighted by Gasteiger charge is -2.14. The zero-order valence-electron chi connectivity index (χ0n) is 13.6. The van der Waals surface area contributed by atoms with Gasteiger partial charge >= 0.3 is 0 Å². The molecule has 0 unspecified atom stereocenters. The third-order valence-corrected chi connectivity index (χ3v) is 4.33. The molecule has 1 aliphatic carbocycles. The number of halogens is 1. The Kier molecular flexibility index (Phi) is 5.01. The summed E-state index contributed by atoms with van der Waals surface area (Å²) < 4.78 is 0. The van der Waals surface area contributed by atoms with E-state index in [2.05, 4.69) is 46.6 Å². The minimum atomic E-state index is 0.366. The summed E-state index contributed by atoms with van der Waals surface area (Å²) in [4.78, 5) is 9.27. The quantitative estimate of drug-likeness (QED) is 0.763. The number of aromatic nitrogens is 2. The Balaban J connectivity index is 1.74. The fourth-order valence-corrected chi connectivity index (χ4v) is 2.58. The predicted molar refractivity (Wildman–Crippen MR) is 96.2 cm³/mol. The second kappa shape index (κ2) is 7.18. The molecule has 0 amide bonds. The summed E-state index contributed by atoms with van der Waals surface area (Å²) in [5.41, 5.74) is 2.28. The zero-order valence-corrected chi connectivity index (χ0v) is 14.4. The van der Waals surface area contributed by atoms with Crippen LogP contribution in [0.5, 0.6) is 0 Å². The molecular weight excluding hydrogens is 308 g/mol. The number of nitrogens with zero attached hydrogens (tertiary/aromatic N) is 2. The average Bonchev–Trinajstić information content (AvgIpc) is 3.37. The van der Waals surface area contributed by atoms with Gasteiger partial charge in [0.15, 0.2) is 0 Å². The number of anilines is 2. The Labute approximate surface area is 142 Å². The monoisotopic (exact) mass is 330 g/mol. The van der Waals surface area contributed by atoms with E-state index in [0.29, 0.717) is 18.5 Å². The fourth-order valence-electron chi connectivity index (χ4n) is 2.37. The van der Waals surface area contributed by atoms with Crippen LogP contribution < -0.4 is 10.6 Å². The first-order valence-electron chi connectivity index (χ1n) is 8.28. The lowest BCUT2D eigenvalue weighted by atomic mass is 10.2. The van der Waals surface area contributed by atoms with E-state index in [1.165, 1.54) is 12.8 Å². The van der Waals surface area contributed by atoms with Gasteiger partial charge in [0.2, 0.25) is 5.95 Å². The van der Waals surface area contributed by atoms with Crippen molar-refractivity contribution in [2.75, 3.05) is 10.6 Å². The van der Waals surface area contributed by atoms with Crippen molar-refractivity contribution in [3.63, 3.8) is 0 Å². The van der Waals surface area contributed by atoms with Gasteiger partial charge in [-0.15, -0.1) is 0 Å². The summed E-state index contributed by atoms with van der Waals surface area (Å²) in [7, 11) is 0. The molecule has 0 saturated heterocycles. The van der Waals surface area contributed by atoms with Crippen LogP contribution >= 0.6 is 11.6 Å². The Morgan fingerprint density at radius 2 is 2.09 bits per heavy atom. The van der Waals surface area contributed by atoms with Gasteiger partial charge in [0.05, 0.1) is 5.69 Å². The summed E-state index contributed by atoms with van der Waals surface area (Å²) in [6.07, 6.45) is 3.50. The second-order valence-electron chi connectivity index (χ2n) is 6.21. The van der Waals surface area contributed by atoms with E-state index in [1.54, 1.807) is 0 Å². The molecule has 1 saturated carbocycles. The van der Waals surface area contributed by atoms with Crippen molar-refractivity contribution >= 4 is 23.4 Å². The molecular formula is C18H23ClN4. The van der Waals surface area contributed by atoms with E-state index in [9.17, 15) is 0 Å². The molecule has 23 heavy (non-hydrogen) atoms. The largest absolute Gasteiger partial charge is 0.366 e. The van der Waals surface area contributed by atoms with Crippen LogP contribution in [0, 0.1) is 0 Å². The Hall–Kier alpha value is -1.81. The maximum Gasteiger partial charge on any atom is 0.225 e. The molecule has 1 aromatic heterocycles. The fraction of sp³-hybridized carbons (Fsp3) is 0.444. The molecule has 2 aromatic rings. The number of nitrogens with one attached hydrogen (secondary N) is 2. The molecule has 0 radical (unpaired) electrons. The predicted octanol–water partition coefficient (Wildman–Crippen LogP) is 4.83. The Morgan fingerprint density at radius 1 is 1.26 bits per heavy atom. The Bertz CT molecular complexity index is 670. The summed E-state index contributed by atoms with van der Waals surface area (Å²) in [6.45, 7) is 5.00. The van der Waals surface area contributed by atoms with Crippen molar-refractivity contribution in [2.24, 2.45) is 0 Å². The third kappa shape index (κ3) is 4.58. The molecule has 122 valence electrons. The van der Waals surface area contributed by atoms with Gasteiger partial charge in [0.1, 0.15) is 5.82 Å². The highest BCUT2D eigenvalue weighted by molar-refractivity contribution is 6.30. The summed E-state index contributed by atoms with van der Waals surface area (Å²) in [5, 5.41) is 7.53. The molecule has 0 spiro atoms. The summed E-state index contributed by atoms with van der Waals surface area (Å²) >= 11 is 6.04. The molecule has 1 heterocycles. The minimum Gasteiger partial charge on any atom is -0.366 e. The zero-order chi connectivity index (χ0) is 16.2. The van der Waals surface area contributed by atoms with Crippen molar-refractivity contribution in [3.05, 3.63) is 46.6 Å². The van der Waals surface area contributed by atoms with Crippen molar-refractivity contribution in [1.82, 2.24) is 9.97 Å². The Morgan fingerprint density at radius 3 is 2.78 bits per heavy atom. The van der Waals surface area contributed by atoms with E-state index >= 15 is 0 Å². The molecule has 1 aromatic carbocycles. The minimum absolute atomic E-state index is 0.366. The van der Waals surface area contributed by atoms with Gasteiger partial charge in [-0.05, 0) is 43.9 Å². The van der Waals surface area contributed by atoms with Gasteiger partial charge in [-0.2, -0.15) is 4.98 Å². The lowest BCUT2D eigenvalue weighted by Crippen LogP contribution is -2.17. The molecule has 2 N–H and O–H groups in total. The summed E-state index contributed by atoms with van der Waals surface area (Å²) in [5.74, 6) is 2.19. The third-order valence-electron chi connectivity index (χ3n) is 4.09. The highest BCUT2D eigenvalue weighted by Gasteiger charge is 2.26. The standard InChI is InChI=1S/C18H23ClN4/c1-3-12(2)21-18-22-16(14-7-8-14)10-17(23-18)20-11-13-5-4-6-15(19)9-13/h4-6,9-10,12,14H,3,7-8,11H2,1-2H3,(H2,20,21,22,23)/t12-/m1/s1. The molecule has 1 aliphatic rings. The lowest BCUT2D eigenvalue weighted by molar-refractivity contribution is 0.750. The maximum atomic E-state index is 6.04. The van der Waals surface area contributed by atoms with Crippen LogP contribution in [0.3, 0.4) is 0 Å². The van der Waals surface area contributed by atoms with Crippen LogP contribution in [0.4, 0.5) is 11.8 Å². The van der Waals surface area contributed by atoms with Crippen LogP contribution in [0.15, 0.2) is 30.3 Å². The summed E-state index contributed by atoms with van der Waals surface area (Å²) in [6, 6.07) is 10.3. The van der Waals surface area contributed by atoms with E-state index in [-0.39, 0.29) is 0 Å². The molecule has 3 rings (SSSR count). The van der Waals surface area contributed by atoms with E-state index in [1.807, 2.05) is 18.2 Å². The van der Waals surface area contributed by atoms with Crippen molar-refractivity contribution < 1.29 is 0 Å². The van der Waals surface area contributed by atoms with E-state index < -0.39 is 0 Å². The van der Waals surface area contributed by atoms with E-state index in [0.717, 1.165) is 34.5 Å². The number of hydrogen-bond donors (Lipinski definition) is 2. The van der Waals surface area contributed by atoms with Crippen molar-refractivity contribution in [1.29, 1.82) is 0 Å². The smallest absolute Gasteiger partial charge is 0.225 e. The van der Waals surface area contributed by atoms with Crippen LogP contribution in [0.1, 0.15) is 50.3 Å². The van der Waals surface area contributed by atoms with Crippen LogP contribution in [0.2, 0.25) is 5.02 Å². The van der Waals surface area contributed by atoms with Gasteiger partial charge < -0.3 is 10.6 Å². The molecule has 4 nitrogen and oxygen atoms in total. The first-order chi connectivity index (χ1) is 11.1. The topological polar surface area (TPSA) is 49.8 Å². The average molecular weight is 331 g/mol. The van der Waals surface area contributed by atoms with Gasteiger partial charge in [0, 0.05) is 29.6 Å². The first kappa shape index (κ1) is 16.1.